The third-order valence-electron chi connectivity index (χ3n) is 6.05. The maximum atomic E-state index is 13.0. The molecule has 0 atom stereocenters. The molecule has 2 aromatic rings. The van der Waals surface area contributed by atoms with Gasteiger partial charge in [-0.05, 0) is 42.7 Å². The molecule has 1 aromatic heterocycles. The Morgan fingerprint density at radius 2 is 1.77 bits per heavy atom. The first-order valence-electron chi connectivity index (χ1n) is 10.6. The topological polar surface area (TPSA) is 73.8 Å². The lowest BCUT2D eigenvalue weighted by atomic mass is 9.96. The van der Waals surface area contributed by atoms with Crippen LogP contribution in [0.25, 0.3) is 0 Å². The molecular weight excluding hydrogens is 436 g/mol. The van der Waals surface area contributed by atoms with E-state index in [0.717, 1.165) is 24.7 Å². The van der Waals surface area contributed by atoms with Gasteiger partial charge in [-0.2, -0.15) is 4.31 Å². The molecule has 166 valence electrons. The van der Waals surface area contributed by atoms with Crippen molar-refractivity contribution in [2.75, 3.05) is 39.3 Å². The average molecular weight is 463 g/mol. The SMILES string of the molecule is O=C(C1CCN(S(=O)(=O)c2cccnc2)CC1)N1CCN(Cc2cccc(Cl)c2)CC1. The molecule has 0 bridgehead atoms. The van der Waals surface area contributed by atoms with Crippen LogP contribution in [0.2, 0.25) is 5.02 Å². The van der Waals surface area contributed by atoms with Crippen LogP contribution >= 0.6 is 11.6 Å². The number of aromatic nitrogens is 1. The predicted octanol–water partition coefficient (Wildman–Crippen LogP) is 2.48. The molecule has 9 heteroatoms. The molecule has 2 aliphatic heterocycles. The molecule has 0 spiro atoms. The lowest BCUT2D eigenvalue weighted by Crippen LogP contribution is -2.51. The minimum Gasteiger partial charge on any atom is -0.340 e. The molecule has 0 radical (unpaired) electrons. The summed E-state index contributed by atoms with van der Waals surface area (Å²) >= 11 is 6.07. The second-order valence-electron chi connectivity index (χ2n) is 8.10. The quantitative estimate of drug-likeness (QED) is 0.682. The second kappa shape index (κ2) is 9.65. The predicted molar refractivity (Wildman–Crippen MR) is 119 cm³/mol. The number of carbonyl (C=O) groups excluding carboxylic acids is 1. The van der Waals surface area contributed by atoms with E-state index in [9.17, 15) is 13.2 Å². The summed E-state index contributed by atoms with van der Waals surface area (Å²) in [5.41, 5.74) is 1.18. The number of pyridine rings is 1. The summed E-state index contributed by atoms with van der Waals surface area (Å²) in [6, 6.07) is 11.0. The Morgan fingerprint density at radius 3 is 2.42 bits per heavy atom. The highest BCUT2D eigenvalue weighted by Crippen LogP contribution is 2.25. The number of halogens is 1. The van der Waals surface area contributed by atoms with Gasteiger partial charge in [0.15, 0.2) is 0 Å². The Kier molecular flexibility index (Phi) is 6.91. The van der Waals surface area contributed by atoms with E-state index in [-0.39, 0.29) is 16.7 Å². The molecule has 2 fully saturated rings. The van der Waals surface area contributed by atoms with Gasteiger partial charge in [-0.3, -0.25) is 14.7 Å². The molecule has 0 saturated carbocycles. The number of sulfonamides is 1. The van der Waals surface area contributed by atoms with Crippen LogP contribution < -0.4 is 0 Å². The Balaban J connectivity index is 1.27. The van der Waals surface area contributed by atoms with Crippen LogP contribution in [0.1, 0.15) is 18.4 Å². The van der Waals surface area contributed by atoms with E-state index in [1.165, 1.54) is 16.1 Å². The number of carbonyl (C=O) groups is 1. The number of amides is 1. The highest BCUT2D eigenvalue weighted by molar-refractivity contribution is 7.89. The van der Waals surface area contributed by atoms with Gasteiger partial charge in [-0.25, -0.2) is 8.42 Å². The van der Waals surface area contributed by atoms with Crippen molar-refractivity contribution in [2.24, 2.45) is 5.92 Å². The van der Waals surface area contributed by atoms with Crippen molar-refractivity contribution in [3.05, 3.63) is 59.4 Å². The maximum Gasteiger partial charge on any atom is 0.244 e. The molecule has 1 aromatic carbocycles. The standard InChI is InChI=1S/C22H27ClN4O3S/c23-20-4-1-3-18(15-20)17-25-11-13-26(14-12-25)22(28)19-6-9-27(10-7-19)31(29,30)21-5-2-8-24-16-21/h1-5,8,15-16,19H,6-7,9-14,17H2. The summed E-state index contributed by atoms with van der Waals surface area (Å²) in [6.45, 7) is 4.61. The van der Waals surface area contributed by atoms with Gasteiger partial charge < -0.3 is 4.90 Å². The molecule has 2 saturated heterocycles. The summed E-state index contributed by atoms with van der Waals surface area (Å²) in [5, 5.41) is 0.739. The van der Waals surface area contributed by atoms with Crippen LogP contribution in [0.4, 0.5) is 0 Å². The van der Waals surface area contributed by atoms with E-state index in [0.29, 0.717) is 39.0 Å². The zero-order chi connectivity index (χ0) is 21.8. The van der Waals surface area contributed by atoms with Gasteiger partial charge in [0.25, 0.3) is 0 Å². The molecule has 4 rings (SSSR count). The molecule has 2 aliphatic rings. The van der Waals surface area contributed by atoms with Crippen LogP contribution in [0.5, 0.6) is 0 Å². The van der Waals surface area contributed by atoms with E-state index in [1.807, 2.05) is 23.1 Å². The van der Waals surface area contributed by atoms with E-state index >= 15 is 0 Å². The fourth-order valence-corrected chi connectivity index (χ4v) is 5.92. The van der Waals surface area contributed by atoms with Crippen molar-refractivity contribution >= 4 is 27.5 Å². The molecular formula is C22H27ClN4O3S. The monoisotopic (exact) mass is 462 g/mol. The highest BCUT2D eigenvalue weighted by atomic mass is 35.5. The number of rotatable bonds is 5. The van der Waals surface area contributed by atoms with Crippen LogP contribution in [0, 0.1) is 5.92 Å². The van der Waals surface area contributed by atoms with Crippen molar-refractivity contribution in [2.45, 2.75) is 24.3 Å². The zero-order valence-corrected chi connectivity index (χ0v) is 18.9. The third-order valence-corrected chi connectivity index (χ3v) is 8.17. The summed E-state index contributed by atoms with van der Waals surface area (Å²) in [5.74, 6) is 0.0423. The number of piperazine rings is 1. The lowest BCUT2D eigenvalue weighted by Gasteiger charge is -2.38. The number of nitrogens with zero attached hydrogens (tertiary/aromatic N) is 4. The maximum absolute atomic E-state index is 13.0. The number of hydrogen-bond donors (Lipinski definition) is 0. The average Bonchev–Trinajstić information content (AvgIpc) is 2.80. The van der Waals surface area contributed by atoms with Crippen LogP contribution in [0.15, 0.2) is 53.7 Å². The van der Waals surface area contributed by atoms with Gasteiger partial charge in [-0.1, -0.05) is 23.7 Å². The summed E-state index contributed by atoms with van der Waals surface area (Å²) in [4.78, 5) is 21.4. The van der Waals surface area contributed by atoms with Gasteiger partial charge in [0.2, 0.25) is 15.9 Å². The van der Waals surface area contributed by atoms with Gasteiger partial charge >= 0.3 is 0 Å². The Hall–Kier alpha value is -2.00. The Bertz CT molecular complexity index is 1000. The van der Waals surface area contributed by atoms with Crippen LogP contribution in [-0.4, -0.2) is 72.7 Å². The molecule has 0 unspecified atom stereocenters. The van der Waals surface area contributed by atoms with Gasteiger partial charge in [0, 0.05) is 69.1 Å². The first-order chi connectivity index (χ1) is 14.9. The van der Waals surface area contributed by atoms with Crippen molar-refractivity contribution in [3.8, 4) is 0 Å². The van der Waals surface area contributed by atoms with E-state index < -0.39 is 10.0 Å². The molecule has 7 nitrogen and oxygen atoms in total. The molecule has 3 heterocycles. The second-order valence-corrected chi connectivity index (χ2v) is 10.5. The van der Waals surface area contributed by atoms with Gasteiger partial charge in [-0.15, -0.1) is 0 Å². The largest absolute Gasteiger partial charge is 0.340 e. The minimum atomic E-state index is -3.55. The summed E-state index contributed by atoms with van der Waals surface area (Å²) < 4.78 is 27.0. The molecule has 0 aliphatic carbocycles. The van der Waals surface area contributed by atoms with Crippen molar-refractivity contribution in [1.29, 1.82) is 0 Å². The first-order valence-corrected chi connectivity index (χ1v) is 12.4. The molecule has 31 heavy (non-hydrogen) atoms. The number of benzene rings is 1. The van der Waals surface area contributed by atoms with Crippen LogP contribution in [0.3, 0.4) is 0 Å². The fourth-order valence-electron chi connectivity index (χ4n) is 4.27. The van der Waals surface area contributed by atoms with Crippen molar-refractivity contribution in [3.63, 3.8) is 0 Å². The molecule has 1 amide bonds. The Morgan fingerprint density at radius 1 is 1.03 bits per heavy atom. The number of piperidine rings is 1. The first kappa shape index (κ1) is 22.2. The van der Waals surface area contributed by atoms with Crippen molar-refractivity contribution < 1.29 is 13.2 Å². The van der Waals surface area contributed by atoms with Crippen molar-refractivity contribution in [1.82, 2.24) is 19.1 Å². The summed E-state index contributed by atoms with van der Waals surface area (Å²) in [7, 11) is -3.55. The smallest absolute Gasteiger partial charge is 0.244 e. The third kappa shape index (κ3) is 5.26. The molecule has 0 N–H and O–H groups in total. The minimum absolute atomic E-state index is 0.111. The normalized spacial score (nSPS) is 19.5. The number of hydrogen-bond acceptors (Lipinski definition) is 5. The van der Waals surface area contributed by atoms with E-state index in [2.05, 4.69) is 16.0 Å². The Labute approximate surface area is 188 Å². The van der Waals surface area contributed by atoms with Crippen LogP contribution in [-0.2, 0) is 21.4 Å². The summed E-state index contributed by atoms with van der Waals surface area (Å²) in [6.07, 6.45) is 4.04. The van der Waals surface area contributed by atoms with E-state index in [4.69, 9.17) is 11.6 Å². The van der Waals surface area contributed by atoms with Gasteiger partial charge in [0.05, 0.1) is 0 Å². The van der Waals surface area contributed by atoms with E-state index in [1.54, 1.807) is 18.3 Å². The lowest BCUT2D eigenvalue weighted by molar-refractivity contribution is -0.138. The fraction of sp³-hybridized carbons (Fsp3) is 0.455. The van der Waals surface area contributed by atoms with Gasteiger partial charge in [0.1, 0.15) is 4.90 Å². The zero-order valence-electron chi connectivity index (χ0n) is 17.4. The highest BCUT2D eigenvalue weighted by Gasteiger charge is 2.34.